The lowest BCUT2D eigenvalue weighted by atomic mass is 10.0. The predicted molar refractivity (Wildman–Crippen MR) is 95.1 cm³/mol. The van der Waals surface area contributed by atoms with Crippen molar-refractivity contribution in [3.63, 3.8) is 0 Å². The second-order valence-corrected chi connectivity index (χ2v) is 7.36. The van der Waals surface area contributed by atoms with Crippen LogP contribution in [0.5, 0.6) is 0 Å². The van der Waals surface area contributed by atoms with E-state index in [1.165, 1.54) is 25.8 Å². The van der Waals surface area contributed by atoms with Crippen LogP contribution in [0.1, 0.15) is 27.6 Å². The first-order chi connectivity index (χ1) is 8.97. The molecular formula is C16H15BrClI. The molecule has 0 aliphatic rings. The highest BCUT2D eigenvalue weighted by atomic mass is 127. The Morgan fingerprint density at radius 1 is 1.11 bits per heavy atom. The Bertz CT molecular complexity index is 595. The van der Waals surface area contributed by atoms with E-state index in [0.29, 0.717) is 0 Å². The van der Waals surface area contributed by atoms with Crippen LogP contribution in [0.4, 0.5) is 0 Å². The van der Waals surface area contributed by atoms with Gasteiger partial charge in [0.1, 0.15) is 0 Å². The third-order valence-electron chi connectivity index (χ3n) is 3.28. The third-order valence-corrected chi connectivity index (χ3v) is 5.15. The van der Waals surface area contributed by atoms with Gasteiger partial charge in [0.05, 0.1) is 5.38 Å². The van der Waals surface area contributed by atoms with Crippen LogP contribution in [-0.2, 0) is 6.42 Å². The number of halogens is 3. The number of rotatable bonds is 3. The zero-order chi connectivity index (χ0) is 14.0. The summed E-state index contributed by atoms with van der Waals surface area (Å²) in [5.74, 6) is 0. The maximum atomic E-state index is 6.58. The van der Waals surface area contributed by atoms with Gasteiger partial charge in [-0.3, -0.25) is 0 Å². The molecular weight excluding hydrogens is 434 g/mol. The molecule has 2 aromatic rings. The molecule has 0 amide bonds. The minimum Gasteiger partial charge on any atom is -0.117 e. The van der Waals surface area contributed by atoms with Crippen molar-refractivity contribution in [2.24, 2.45) is 0 Å². The fourth-order valence-corrected chi connectivity index (χ4v) is 3.64. The zero-order valence-corrected chi connectivity index (χ0v) is 15.4. The quantitative estimate of drug-likeness (QED) is 0.387. The number of aryl methyl sites for hydroxylation is 2. The van der Waals surface area contributed by atoms with Gasteiger partial charge in [0.15, 0.2) is 0 Å². The lowest BCUT2D eigenvalue weighted by molar-refractivity contribution is 0.910. The van der Waals surface area contributed by atoms with Crippen molar-refractivity contribution in [2.45, 2.75) is 25.6 Å². The highest BCUT2D eigenvalue weighted by Gasteiger charge is 2.13. The average molecular weight is 450 g/mol. The summed E-state index contributed by atoms with van der Waals surface area (Å²) in [5, 5.41) is 0.00602. The van der Waals surface area contributed by atoms with Crippen LogP contribution in [0.15, 0.2) is 40.9 Å². The van der Waals surface area contributed by atoms with Gasteiger partial charge < -0.3 is 0 Å². The smallest absolute Gasteiger partial charge is 0.0636 e. The summed E-state index contributed by atoms with van der Waals surface area (Å²) in [6.45, 7) is 4.28. The normalized spacial score (nSPS) is 12.5. The molecule has 0 aliphatic heterocycles. The molecule has 0 saturated carbocycles. The lowest BCUT2D eigenvalue weighted by Gasteiger charge is -2.13. The van der Waals surface area contributed by atoms with E-state index in [0.717, 1.165) is 10.9 Å². The van der Waals surface area contributed by atoms with Gasteiger partial charge in [0.2, 0.25) is 0 Å². The van der Waals surface area contributed by atoms with Crippen LogP contribution in [0.3, 0.4) is 0 Å². The Kier molecular flexibility index (Phi) is 5.32. The van der Waals surface area contributed by atoms with Gasteiger partial charge >= 0.3 is 0 Å². The molecule has 100 valence electrons. The van der Waals surface area contributed by atoms with Crippen LogP contribution < -0.4 is 0 Å². The zero-order valence-electron chi connectivity index (χ0n) is 10.9. The summed E-state index contributed by atoms with van der Waals surface area (Å²) in [6.07, 6.45) is 0.856. The fraction of sp³-hybridized carbons (Fsp3) is 0.250. The molecule has 0 fully saturated rings. The van der Waals surface area contributed by atoms with E-state index < -0.39 is 0 Å². The topological polar surface area (TPSA) is 0 Å². The van der Waals surface area contributed by atoms with Crippen molar-refractivity contribution in [3.8, 4) is 0 Å². The van der Waals surface area contributed by atoms with Crippen LogP contribution >= 0.6 is 50.1 Å². The van der Waals surface area contributed by atoms with Crippen molar-refractivity contribution in [2.75, 3.05) is 0 Å². The van der Waals surface area contributed by atoms with Gasteiger partial charge in [-0.05, 0) is 83.3 Å². The first-order valence-electron chi connectivity index (χ1n) is 6.12. The number of hydrogen-bond donors (Lipinski definition) is 0. The van der Waals surface area contributed by atoms with E-state index in [4.69, 9.17) is 11.6 Å². The Hall–Kier alpha value is -0.0600. The van der Waals surface area contributed by atoms with Crippen molar-refractivity contribution in [1.82, 2.24) is 0 Å². The number of benzene rings is 2. The van der Waals surface area contributed by atoms with E-state index in [1.54, 1.807) is 0 Å². The molecule has 1 atom stereocenters. The Morgan fingerprint density at radius 2 is 1.84 bits per heavy atom. The molecule has 0 nitrogen and oxygen atoms in total. The molecule has 2 rings (SSSR count). The monoisotopic (exact) mass is 448 g/mol. The Labute approximate surface area is 141 Å². The summed E-state index contributed by atoms with van der Waals surface area (Å²) >= 11 is 12.4. The first kappa shape index (κ1) is 15.3. The molecule has 2 aromatic carbocycles. The highest BCUT2D eigenvalue weighted by Crippen LogP contribution is 2.31. The van der Waals surface area contributed by atoms with Crippen molar-refractivity contribution in [1.29, 1.82) is 0 Å². The summed E-state index contributed by atoms with van der Waals surface area (Å²) in [7, 11) is 0. The van der Waals surface area contributed by atoms with E-state index in [2.05, 4.69) is 82.7 Å². The SMILES string of the molecule is Cc1ccc(CC(Cl)c2cc(Br)ccc2I)cc1C. The second-order valence-electron chi connectivity index (χ2n) is 4.76. The minimum absolute atomic E-state index is 0.00602. The number of hydrogen-bond acceptors (Lipinski definition) is 0. The van der Waals surface area contributed by atoms with E-state index in [-0.39, 0.29) is 5.38 Å². The van der Waals surface area contributed by atoms with Crippen LogP contribution in [-0.4, -0.2) is 0 Å². The van der Waals surface area contributed by atoms with Gasteiger partial charge in [0, 0.05) is 8.04 Å². The van der Waals surface area contributed by atoms with Crippen LogP contribution in [0, 0.1) is 17.4 Å². The summed E-state index contributed by atoms with van der Waals surface area (Å²) in [5.41, 5.74) is 5.13. The van der Waals surface area contributed by atoms with E-state index >= 15 is 0 Å². The first-order valence-corrected chi connectivity index (χ1v) is 8.43. The summed E-state index contributed by atoms with van der Waals surface area (Å²) in [4.78, 5) is 0. The molecule has 0 spiro atoms. The minimum atomic E-state index is 0.00602. The van der Waals surface area contributed by atoms with Crippen LogP contribution in [0.2, 0.25) is 0 Å². The molecule has 0 radical (unpaired) electrons. The van der Waals surface area contributed by atoms with Crippen LogP contribution in [0.25, 0.3) is 0 Å². The lowest BCUT2D eigenvalue weighted by Crippen LogP contribution is -1.99. The van der Waals surface area contributed by atoms with Crippen molar-refractivity contribution < 1.29 is 0 Å². The molecule has 3 heteroatoms. The molecule has 0 heterocycles. The van der Waals surface area contributed by atoms with Gasteiger partial charge in [-0.1, -0.05) is 34.1 Å². The molecule has 0 N–H and O–H groups in total. The molecule has 0 bridgehead atoms. The summed E-state index contributed by atoms with van der Waals surface area (Å²) < 4.78 is 2.29. The van der Waals surface area contributed by atoms with Gasteiger partial charge in [0.25, 0.3) is 0 Å². The number of alkyl halides is 1. The molecule has 0 aromatic heterocycles. The molecule has 19 heavy (non-hydrogen) atoms. The van der Waals surface area contributed by atoms with E-state index in [1.807, 2.05) is 6.07 Å². The fourth-order valence-electron chi connectivity index (χ4n) is 2.00. The van der Waals surface area contributed by atoms with Gasteiger partial charge in [-0.15, -0.1) is 11.6 Å². The average Bonchev–Trinajstić information content (AvgIpc) is 2.36. The standard InChI is InChI=1S/C16H15BrClI/c1-10-3-4-12(7-11(10)2)8-15(18)14-9-13(17)5-6-16(14)19/h3-7,9,15H,8H2,1-2H3. The van der Waals surface area contributed by atoms with Crippen molar-refractivity contribution in [3.05, 3.63) is 66.7 Å². The predicted octanol–water partition coefficient (Wildman–Crippen LogP) is 6.19. The Morgan fingerprint density at radius 3 is 2.53 bits per heavy atom. The Balaban J connectivity index is 2.22. The van der Waals surface area contributed by atoms with Gasteiger partial charge in [-0.25, -0.2) is 0 Å². The third kappa shape index (κ3) is 3.96. The molecule has 0 saturated heterocycles. The van der Waals surface area contributed by atoms with Crippen molar-refractivity contribution >= 4 is 50.1 Å². The molecule has 1 unspecified atom stereocenters. The highest BCUT2D eigenvalue weighted by molar-refractivity contribution is 14.1. The summed E-state index contributed by atoms with van der Waals surface area (Å²) in [6, 6.07) is 12.8. The maximum absolute atomic E-state index is 6.58. The van der Waals surface area contributed by atoms with Gasteiger partial charge in [-0.2, -0.15) is 0 Å². The largest absolute Gasteiger partial charge is 0.117 e. The second kappa shape index (κ2) is 6.59. The van der Waals surface area contributed by atoms with E-state index in [9.17, 15) is 0 Å². The maximum Gasteiger partial charge on any atom is 0.0636 e. The molecule has 0 aliphatic carbocycles.